The first-order valence-corrected chi connectivity index (χ1v) is 13.4. The predicted molar refractivity (Wildman–Crippen MR) is 159 cm³/mol. The van der Waals surface area contributed by atoms with Gasteiger partial charge in [0, 0.05) is 37.8 Å². The van der Waals surface area contributed by atoms with Crippen molar-refractivity contribution in [2.45, 2.75) is 32.4 Å². The second kappa shape index (κ2) is 12.4. The first-order valence-electron chi connectivity index (χ1n) is 13.4. The molecule has 4 heterocycles. The van der Waals surface area contributed by atoms with E-state index in [2.05, 4.69) is 51.0 Å². The molecule has 4 rings (SSSR count). The Kier molecular flexibility index (Phi) is 9.04. The Balaban J connectivity index is 1.74. The minimum Gasteiger partial charge on any atom is -0.466 e. The van der Waals surface area contributed by atoms with Gasteiger partial charge in [-0.05, 0) is 45.3 Å². The van der Waals surface area contributed by atoms with Crippen LogP contribution in [0, 0.1) is 6.92 Å². The van der Waals surface area contributed by atoms with Crippen LogP contribution in [-0.4, -0.2) is 89.3 Å². The fourth-order valence-corrected chi connectivity index (χ4v) is 4.46. The van der Waals surface area contributed by atoms with E-state index in [9.17, 15) is 18.0 Å². The SMILES string of the molecule is C=CC(=O)Nc1cc(Nc2ncnc(N3CC(C)(C)c4nc(C)ccc43)n2)c(OCC(F)(F)F)nc1N(C)CCN(C)C. The third kappa shape index (κ3) is 7.66. The minimum atomic E-state index is -4.62. The summed E-state index contributed by atoms with van der Waals surface area (Å²) in [5.74, 6) is -0.323. The Bertz CT molecular complexity index is 1500. The molecule has 1 amide bonds. The van der Waals surface area contributed by atoms with E-state index in [0.717, 1.165) is 23.2 Å². The summed E-state index contributed by atoms with van der Waals surface area (Å²) in [5, 5.41) is 5.59. The number of nitrogens with one attached hydrogen (secondary N) is 2. The Morgan fingerprint density at radius 3 is 2.56 bits per heavy atom. The molecule has 0 spiro atoms. The lowest BCUT2D eigenvalue weighted by Gasteiger charge is -2.25. The van der Waals surface area contributed by atoms with Crippen molar-refractivity contribution in [2.24, 2.45) is 0 Å². The number of anilines is 6. The van der Waals surface area contributed by atoms with Gasteiger partial charge in [-0.1, -0.05) is 20.4 Å². The lowest BCUT2D eigenvalue weighted by Crippen LogP contribution is -2.30. The smallest absolute Gasteiger partial charge is 0.422 e. The van der Waals surface area contributed by atoms with Gasteiger partial charge in [-0.3, -0.25) is 9.78 Å². The number of halogens is 3. The Morgan fingerprint density at radius 1 is 1.14 bits per heavy atom. The van der Waals surface area contributed by atoms with Gasteiger partial charge >= 0.3 is 6.18 Å². The maximum absolute atomic E-state index is 13.2. The van der Waals surface area contributed by atoms with E-state index >= 15 is 0 Å². The van der Waals surface area contributed by atoms with Crippen LogP contribution in [0.1, 0.15) is 25.2 Å². The average Bonchev–Trinajstić information content (AvgIpc) is 3.20. The third-order valence-corrected chi connectivity index (χ3v) is 6.57. The molecule has 2 N–H and O–H groups in total. The minimum absolute atomic E-state index is 0.00460. The number of carbonyl (C=O) groups is 1. The van der Waals surface area contributed by atoms with Gasteiger partial charge in [-0.2, -0.15) is 23.1 Å². The summed E-state index contributed by atoms with van der Waals surface area (Å²) >= 11 is 0. The number of alkyl halides is 3. The summed E-state index contributed by atoms with van der Waals surface area (Å²) in [7, 11) is 5.48. The molecule has 1 aliphatic heterocycles. The first-order chi connectivity index (χ1) is 20.2. The number of hydrogen-bond donors (Lipinski definition) is 2. The van der Waals surface area contributed by atoms with Crippen LogP contribution in [0.5, 0.6) is 5.88 Å². The zero-order valence-electron chi connectivity index (χ0n) is 25.0. The van der Waals surface area contributed by atoms with E-state index in [-0.39, 0.29) is 34.4 Å². The Morgan fingerprint density at radius 2 is 1.88 bits per heavy atom. The van der Waals surface area contributed by atoms with Crippen molar-refractivity contribution in [2.75, 3.05) is 67.8 Å². The van der Waals surface area contributed by atoms with Crippen LogP contribution in [0.15, 0.2) is 37.2 Å². The van der Waals surface area contributed by atoms with Crippen LogP contribution in [-0.2, 0) is 10.2 Å². The Hall–Kier alpha value is -4.53. The van der Waals surface area contributed by atoms with Crippen molar-refractivity contribution >= 4 is 40.7 Å². The van der Waals surface area contributed by atoms with Crippen LogP contribution < -0.4 is 25.2 Å². The quantitative estimate of drug-likeness (QED) is 0.308. The van der Waals surface area contributed by atoms with E-state index in [0.29, 0.717) is 25.6 Å². The number of likely N-dealkylation sites (N-methyl/N-ethyl adjacent to an activating group) is 2. The molecule has 1 aliphatic rings. The molecule has 0 saturated heterocycles. The Labute approximate surface area is 248 Å². The number of aryl methyl sites for hydroxylation is 1. The summed E-state index contributed by atoms with van der Waals surface area (Å²) < 4.78 is 44.7. The van der Waals surface area contributed by atoms with Crippen molar-refractivity contribution in [1.29, 1.82) is 0 Å². The predicted octanol–water partition coefficient (Wildman–Crippen LogP) is 4.21. The number of ether oxygens (including phenoxy) is 1. The highest BCUT2D eigenvalue weighted by Crippen LogP contribution is 2.42. The fourth-order valence-electron chi connectivity index (χ4n) is 4.46. The topological polar surface area (TPSA) is 125 Å². The summed E-state index contributed by atoms with van der Waals surface area (Å²) in [6.07, 6.45) is -2.24. The number of fused-ring (bicyclic) bond motifs is 1. The highest BCUT2D eigenvalue weighted by atomic mass is 19.4. The maximum Gasteiger partial charge on any atom is 0.422 e. The molecule has 230 valence electrons. The highest BCUT2D eigenvalue weighted by molar-refractivity contribution is 6.01. The summed E-state index contributed by atoms with van der Waals surface area (Å²) in [6, 6.07) is 5.28. The van der Waals surface area contributed by atoms with Crippen molar-refractivity contribution in [1.82, 2.24) is 29.8 Å². The van der Waals surface area contributed by atoms with Gasteiger partial charge in [-0.25, -0.2) is 9.97 Å². The number of amides is 1. The van der Waals surface area contributed by atoms with Gasteiger partial charge in [0.2, 0.25) is 23.7 Å². The highest BCUT2D eigenvalue weighted by Gasteiger charge is 2.38. The van der Waals surface area contributed by atoms with Gasteiger partial charge in [0.1, 0.15) is 12.0 Å². The molecule has 0 saturated carbocycles. The molecular formula is C28H35F3N10O2. The molecule has 0 unspecified atom stereocenters. The molecule has 3 aromatic rings. The van der Waals surface area contributed by atoms with E-state index in [1.165, 1.54) is 12.4 Å². The van der Waals surface area contributed by atoms with Gasteiger partial charge in [0.25, 0.3) is 0 Å². The zero-order chi connectivity index (χ0) is 31.5. The van der Waals surface area contributed by atoms with Crippen molar-refractivity contribution in [3.8, 4) is 5.88 Å². The van der Waals surface area contributed by atoms with Crippen molar-refractivity contribution in [3.05, 3.63) is 48.6 Å². The second-order valence-electron chi connectivity index (χ2n) is 11.1. The summed E-state index contributed by atoms with van der Waals surface area (Å²) in [6.45, 7) is 9.60. The molecule has 0 bridgehead atoms. The molecule has 0 fully saturated rings. The van der Waals surface area contributed by atoms with Crippen LogP contribution in [0.2, 0.25) is 0 Å². The van der Waals surface area contributed by atoms with E-state index in [1.807, 2.05) is 43.0 Å². The standard InChI is InChI=1S/C28H35F3N10O2/c1-8-21(42)35-18-13-19(24(43-15-28(29,30)31)37-23(18)40(7)12-11-39(5)6)36-25-32-16-33-26(38-25)41-14-27(3,4)22-20(41)10-9-17(2)34-22/h8-10,13,16H,1,11-12,14-15H2,2-7H3,(H,35,42)(H,32,33,36,38). The fraction of sp³-hybridized carbons (Fsp3) is 0.429. The summed E-state index contributed by atoms with van der Waals surface area (Å²) in [5.41, 5.74) is 2.59. The molecule has 0 aromatic carbocycles. The monoisotopic (exact) mass is 600 g/mol. The third-order valence-electron chi connectivity index (χ3n) is 6.57. The first kappa shape index (κ1) is 31.4. The number of pyridine rings is 2. The van der Waals surface area contributed by atoms with Gasteiger partial charge in [-0.15, -0.1) is 0 Å². The summed E-state index contributed by atoms with van der Waals surface area (Å²) in [4.78, 5) is 40.0. The maximum atomic E-state index is 13.2. The molecule has 0 aliphatic carbocycles. The molecular weight excluding hydrogens is 565 g/mol. The van der Waals surface area contributed by atoms with Crippen LogP contribution >= 0.6 is 0 Å². The van der Waals surface area contributed by atoms with E-state index < -0.39 is 18.7 Å². The largest absolute Gasteiger partial charge is 0.466 e. The molecule has 15 heteroatoms. The lowest BCUT2D eigenvalue weighted by atomic mass is 9.91. The normalized spacial score (nSPS) is 14.0. The van der Waals surface area contributed by atoms with Crippen LogP contribution in [0.4, 0.5) is 47.9 Å². The molecule has 0 radical (unpaired) electrons. The number of hydrogen-bond acceptors (Lipinski definition) is 11. The van der Waals surface area contributed by atoms with Gasteiger partial charge in [0.15, 0.2) is 12.4 Å². The number of carbonyl (C=O) groups excluding carboxylic acids is 1. The van der Waals surface area contributed by atoms with Crippen molar-refractivity contribution in [3.63, 3.8) is 0 Å². The molecule has 3 aromatic heterocycles. The molecule has 12 nitrogen and oxygen atoms in total. The zero-order valence-corrected chi connectivity index (χ0v) is 25.0. The van der Waals surface area contributed by atoms with Gasteiger partial charge < -0.3 is 30.1 Å². The number of aromatic nitrogens is 5. The lowest BCUT2D eigenvalue weighted by molar-refractivity contribution is -0.153. The second-order valence-corrected chi connectivity index (χ2v) is 11.1. The van der Waals surface area contributed by atoms with Crippen molar-refractivity contribution < 1.29 is 22.7 Å². The molecule has 43 heavy (non-hydrogen) atoms. The van der Waals surface area contributed by atoms with Crippen LogP contribution in [0.3, 0.4) is 0 Å². The molecule has 0 atom stereocenters. The number of rotatable bonds is 11. The van der Waals surface area contributed by atoms with Gasteiger partial charge in [0.05, 0.1) is 17.1 Å². The average molecular weight is 601 g/mol. The number of nitrogens with zero attached hydrogens (tertiary/aromatic N) is 8. The van der Waals surface area contributed by atoms with Crippen LogP contribution in [0.25, 0.3) is 0 Å². The van der Waals surface area contributed by atoms with E-state index in [4.69, 9.17) is 9.72 Å². The van der Waals surface area contributed by atoms with E-state index in [1.54, 1.807) is 11.9 Å².